The first-order valence-corrected chi connectivity index (χ1v) is 11.1. The predicted octanol–water partition coefficient (Wildman–Crippen LogP) is 5.05. The predicted molar refractivity (Wildman–Crippen MR) is 119 cm³/mol. The molecule has 0 spiro atoms. The summed E-state index contributed by atoms with van der Waals surface area (Å²) in [4.78, 5) is 4.86. The van der Waals surface area contributed by atoms with Gasteiger partial charge in [-0.15, -0.1) is 22.7 Å². The third kappa shape index (κ3) is 4.25. The third-order valence-electron chi connectivity index (χ3n) is 4.71. The van der Waals surface area contributed by atoms with Crippen molar-refractivity contribution in [1.29, 1.82) is 0 Å². The summed E-state index contributed by atoms with van der Waals surface area (Å²) >= 11 is 3.54. The van der Waals surface area contributed by atoms with Gasteiger partial charge in [0.2, 0.25) is 0 Å². The zero-order chi connectivity index (χ0) is 19.3. The van der Waals surface area contributed by atoms with Crippen LogP contribution in [0.1, 0.15) is 16.5 Å². The summed E-state index contributed by atoms with van der Waals surface area (Å²) in [7, 11) is 4.27. The first kappa shape index (κ1) is 19.1. The van der Waals surface area contributed by atoms with Crippen LogP contribution in [0, 0.1) is 0 Å². The fraction of sp³-hybridized carbons (Fsp3) is 0.227. The molecule has 0 fully saturated rings. The Morgan fingerprint density at radius 1 is 1.00 bits per heavy atom. The smallest absolute Gasteiger partial charge is 0.107 e. The molecule has 0 radical (unpaired) electrons. The molecule has 4 aromatic rings. The molecule has 0 aliphatic carbocycles. The Hall–Kier alpha value is -2.25. The third-order valence-corrected chi connectivity index (χ3v) is 6.56. The van der Waals surface area contributed by atoms with Gasteiger partial charge in [0.05, 0.1) is 16.6 Å². The summed E-state index contributed by atoms with van der Waals surface area (Å²) in [6, 6.07) is 19.2. The molecule has 0 amide bonds. The lowest BCUT2D eigenvalue weighted by Gasteiger charge is -2.23. The molecule has 144 valence electrons. The summed E-state index contributed by atoms with van der Waals surface area (Å²) in [6.45, 7) is 1.68. The Morgan fingerprint density at radius 3 is 2.46 bits per heavy atom. The molecule has 0 bridgehead atoms. The molecule has 4 nitrogen and oxygen atoms in total. The van der Waals surface area contributed by atoms with E-state index in [0.29, 0.717) is 6.04 Å². The minimum atomic E-state index is 0.370. The van der Waals surface area contributed by atoms with Gasteiger partial charge in [-0.1, -0.05) is 30.3 Å². The minimum Gasteiger partial charge on any atom is -0.311 e. The number of benzene rings is 1. The van der Waals surface area contributed by atoms with Crippen molar-refractivity contribution in [3.05, 3.63) is 82.0 Å². The van der Waals surface area contributed by atoms with Crippen molar-refractivity contribution in [3.63, 3.8) is 0 Å². The molecule has 0 saturated heterocycles. The van der Waals surface area contributed by atoms with Gasteiger partial charge in [-0.3, -0.25) is 0 Å². The van der Waals surface area contributed by atoms with Crippen LogP contribution in [-0.4, -0.2) is 35.3 Å². The van der Waals surface area contributed by atoms with Gasteiger partial charge < -0.3 is 10.2 Å². The topological polar surface area (TPSA) is 33.1 Å². The van der Waals surface area contributed by atoms with Gasteiger partial charge in [0.1, 0.15) is 5.69 Å². The molecule has 0 unspecified atom stereocenters. The second kappa shape index (κ2) is 8.84. The van der Waals surface area contributed by atoms with Crippen molar-refractivity contribution in [2.45, 2.75) is 12.6 Å². The molecule has 0 saturated carbocycles. The molecule has 6 heteroatoms. The summed E-state index contributed by atoms with van der Waals surface area (Å²) in [5.74, 6) is 0. The van der Waals surface area contributed by atoms with Crippen LogP contribution in [0.15, 0.2) is 71.6 Å². The monoisotopic (exact) mass is 408 g/mol. The average Bonchev–Trinajstić information content (AvgIpc) is 3.47. The van der Waals surface area contributed by atoms with Crippen LogP contribution in [0.2, 0.25) is 0 Å². The van der Waals surface area contributed by atoms with Crippen LogP contribution in [0.25, 0.3) is 16.3 Å². The quantitative estimate of drug-likeness (QED) is 0.443. The highest BCUT2D eigenvalue weighted by molar-refractivity contribution is 7.13. The van der Waals surface area contributed by atoms with E-state index in [1.165, 1.54) is 15.3 Å². The summed E-state index contributed by atoms with van der Waals surface area (Å²) < 4.78 is 1.98. The molecule has 1 N–H and O–H groups in total. The Morgan fingerprint density at radius 2 is 1.79 bits per heavy atom. The molecule has 0 aliphatic heterocycles. The average molecular weight is 409 g/mol. The molecule has 3 aromatic heterocycles. The van der Waals surface area contributed by atoms with Crippen LogP contribution >= 0.6 is 22.7 Å². The Labute approximate surface area is 174 Å². The van der Waals surface area contributed by atoms with Crippen molar-refractivity contribution in [2.75, 3.05) is 20.6 Å². The molecule has 0 aliphatic rings. The fourth-order valence-electron chi connectivity index (χ4n) is 3.23. The second-order valence-corrected chi connectivity index (χ2v) is 8.81. The number of rotatable bonds is 8. The highest BCUT2D eigenvalue weighted by Crippen LogP contribution is 2.28. The zero-order valence-electron chi connectivity index (χ0n) is 16.1. The van der Waals surface area contributed by atoms with Crippen LogP contribution in [0.4, 0.5) is 0 Å². The van der Waals surface area contributed by atoms with Gasteiger partial charge in [-0.05, 0) is 49.1 Å². The summed E-state index contributed by atoms with van der Waals surface area (Å²) in [6.07, 6.45) is 2.15. The Bertz CT molecular complexity index is 973. The number of nitrogens with zero attached hydrogens (tertiary/aromatic N) is 3. The fourth-order valence-corrected chi connectivity index (χ4v) is 4.90. The molecular weight excluding hydrogens is 384 g/mol. The first-order chi connectivity index (χ1) is 13.7. The maximum Gasteiger partial charge on any atom is 0.107 e. The van der Waals surface area contributed by atoms with Crippen molar-refractivity contribution in [2.24, 2.45) is 0 Å². The van der Waals surface area contributed by atoms with E-state index in [1.807, 2.05) is 34.2 Å². The lowest BCUT2D eigenvalue weighted by atomic mass is 10.2. The maximum absolute atomic E-state index is 4.88. The van der Waals surface area contributed by atoms with Gasteiger partial charge in [-0.25, -0.2) is 4.68 Å². The highest BCUT2D eigenvalue weighted by atomic mass is 32.1. The molecule has 3 heterocycles. The van der Waals surface area contributed by atoms with Crippen LogP contribution in [0.3, 0.4) is 0 Å². The lowest BCUT2D eigenvalue weighted by molar-refractivity contribution is 0.292. The second-order valence-electron chi connectivity index (χ2n) is 6.89. The molecule has 1 aromatic carbocycles. The lowest BCUT2D eigenvalue weighted by Crippen LogP contribution is -2.30. The van der Waals surface area contributed by atoms with E-state index in [1.54, 1.807) is 11.3 Å². The van der Waals surface area contributed by atoms with Gasteiger partial charge in [0.25, 0.3) is 0 Å². The molecule has 4 rings (SSSR count). The normalized spacial score (nSPS) is 12.5. The molecule has 1 atom stereocenters. The molecule has 28 heavy (non-hydrogen) atoms. The Kier molecular flexibility index (Phi) is 6.02. The van der Waals surface area contributed by atoms with E-state index in [-0.39, 0.29) is 0 Å². The number of hydrogen-bond acceptors (Lipinski definition) is 5. The van der Waals surface area contributed by atoms with Gasteiger partial charge in [-0.2, -0.15) is 5.10 Å². The van der Waals surface area contributed by atoms with Crippen molar-refractivity contribution < 1.29 is 0 Å². The Balaban J connectivity index is 1.54. The van der Waals surface area contributed by atoms with E-state index in [9.17, 15) is 0 Å². The van der Waals surface area contributed by atoms with E-state index in [0.717, 1.165) is 24.5 Å². The zero-order valence-corrected chi connectivity index (χ0v) is 17.7. The van der Waals surface area contributed by atoms with Crippen molar-refractivity contribution in [3.8, 4) is 16.3 Å². The minimum absolute atomic E-state index is 0.370. The van der Waals surface area contributed by atoms with Crippen molar-refractivity contribution in [1.82, 2.24) is 20.0 Å². The number of hydrogen-bond donors (Lipinski definition) is 1. The van der Waals surface area contributed by atoms with Crippen LogP contribution in [0.5, 0.6) is 0 Å². The van der Waals surface area contributed by atoms with Crippen LogP contribution in [-0.2, 0) is 6.54 Å². The first-order valence-electron chi connectivity index (χ1n) is 9.31. The summed E-state index contributed by atoms with van der Waals surface area (Å²) in [5, 5.41) is 12.8. The SMILES string of the molecule is CN(C)[C@@H](CNCc1cn(-c2ccccc2)nc1-c1cccs1)c1cccs1. The van der Waals surface area contributed by atoms with E-state index in [4.69, 9.17) is 5.10 Å². The molecular formula is C22H24N4S2. The number of aromatic nitrogens is 2. The number of thiophene rings is 2. The number of para-hydroxylation sites is 1. The summed E-state index contributed by atoms with van der Waals surface area (Å²) in [5.41, 5.74) is 3.36. The van der Waals surface area contributed by atoms with Crippen molar-refractivity contribution >= 4 is 22.7 Å². The van der Waals surface area contributed by atoms with E-state index >= 15 is 0 Å². The van der Waals surface area contributed by atoms with E-state index < -0.39 is 0 Å². The number of likely N-dealkylation sites (N-methyl/N-ethyl adjacent to an activating group) is 1. The van der Waals surface area contributed by atoms with Gasteiger partial charge >= 0.3 is 0 Å². The largest absolute Gasteiger partial charge is 0.311 e. The van der Waals surface area contributed by atoms with E-state index in [2.05, 4.69) is 77.7 Å². The van der Waals surface area contributed by atoms with Gasteiger partial charge in [0.15, 0.2) is 0 Å². The maximum atomic E-state index is 4.88. The standard InChI is InChI=1S/C22H24N4S2/c1-25(2)19(20-10-6-12-27-20)15-23-14-17-16-26(18-8-4-3-5-9-18)24-22(17)21-11-7-13-28-21/h3-13,16,19,23H,14-15H2,1-2H3/t19-/m0/s1. The highest BCUT2D eigenvalue weighted by Gasteiger charge is 2.17. The van der Waals surface area contributed by atoms with Gasteiger partial charge in [0, 0.05) is 29.7 Å². The van der Waals surface area contributed by atoms with Crippen LogP contribution < -0.4 is 5.32 Å². The number of nitrogens with one attached hydrogen (secondary N) is 1.